The van der Waals surface area contributed by atoms with Gasteiger partial charge >= 0.3 is 5.25 Å². The Kier molecular flexibility index (Phi) is 8.49. The zero-order chi connectivity index (χ0) is 18.5. The minimum atomic E-state index is -5.99. The second kappa shape index (κ2) is 8.63. The van der Waals surface area contributed by atoms with Crippen molar-refractivity contribution < 1.29 is 53.8 Å². The monoisotopic (exact) mass is 468 g/mol. The molecule has 0 aliphatic carbocycles. The van der Waals surface area contributed by atoms with E-state index in [9.17, 15) is 26.1 Å². The molecule has 1 atom stereocenters. The Morgan fingerprint density at radius 3 is 2.04 bits per heavy atom. The molecule has 0 saturated carbocycles. The Balaban J connectivity index is 0.000000422. The molecule has 0 spiro atoms. The van der Waals surface area contributed by atoms with Gasteiger partial charge in [-0.05, 0) is 11.5 Å². The van der Waals surface area contributed by atoms with Crippen LogP contribution in [0.1, 0.15) is 32.8 Å². The molecular formula is C14H20F3IO4S. The lowest BCUT2D eigenvalue weighted by atomic mass is 9.87. The summed E-state index contributed by atoms with van der Waals surface area (Å²) < 4.78 is 67.1. The van der Waals surface area contributed by atoms with Gasteiger partial charge in [-0.3, -0.25) is 0 Å². The van der Waals surface area contributed by atoms with Crippen LogP contribution in [0.15, 0.2) is 24.3 Å². The lowest BCUT2D eigenvalue weighted by Gasteiger charge is -2.22. The molecule has 0 fully saturated rings. The fourth-order valence-corrected chi connectivity index (χ4v) is 3.25. The molecule has 0 saturated heterocycles. The zero-order valence-corrected chi connectivity index (χ0v) is 16.1. The smallest absolute Gasteiger partial charge is 0.364 e. The van der Waals surface area contributed by atoms with E-state index in [1.54, 1.807) is 0 Å². The number of halogens is 4. The van der Waals surface area contributed by atoms with Crippen molar-refractivity contribution >= 4 is 10.1 Å². The molecule has 0 radical (unpaired) electrons. The average molecular weight is 468 g/mol. The van der Waals surface area contributed by atoms with E-state index in [4.69, 9.17) is 5.11 Å². The molecule has 1 rings (SSSR count). The van der Waals surface area contributed by atoms with Gasteiger partial charge in [0.15, 0.2) is 19.9 Å². The first-order chi connectivity index (χ1) is 10.2. The van der Waals surface area contributed by atoms with Gasteiger partial charge in [0.05, 0.1) is 0 Å². The van der Waals surface area contributed by atoms with E-state index in [1.165, 1.54) is 9.13 Å². The summed E-state index contributed by atoms with van der Waals surface area (Å²) in [4.78, 5) is 0. The third-order valence-corrected chi connectivity index (χ3v) is 4.71. The van der Waals surface area contributed by atoms with E-state index in [0.717, 1.165) is 0 Å². The van der Waals surface area contributed by atoms with Gasteiger partial charge in [-0.25, -0.2) is 12.8 Å². The predicted molar refractivity (Wildman–Crippen MR) is 76.5 cm³/mol. The molecule has 1 unspecified atom stereocenters. The highest BCUT2D eigenvalue weighted by atomic mass is 127. The summed E-state index contributed by atoms with van der Waals surface area (Å²) in [7, 11) is -5.99. The van der Waals surface area contributed by atoms with E-state index >= 15 is 0 Å². The predicted octanol–water partition coefficient (Wildman–Crippen LogP) is -0.716. The van der Waals surface area contributed by atoms with Gasteiger partial charge in [0.1, 0.15) is 0 Å². The summed E-state index contributed by atoms with van der Waals surface area (Å²) in [6.45, 7) is 5.79. The van der Waals surface area contributed by atoms with Crippen molar-refractivity contribution in [1.29, 1.82) is 0 Å². The van der Waals surface area contributed by atoms with Crippen LogP contribution in [0.4, 0.5) is 13.2 Å². The van der Waals surface area contributed by atoms with E-state index in [0.29, 0.717) is 0 Å². The molecule has 1 aromatic rings. The number of benzene rings is 1. The van der Waals surface area contributed by atoms with Crippen molar-refractivity contribution in [1.82, 2.24) is 0 Å². The molecule has 0 aromatic heterocycles. The summed E-state index contributed by atoms with van der Waals surface area (Å²) in [5, 5.41) is 3.03. The third-order valence-electron chi connectivity index (χ3n) is 2.78. The highest BCUT2D eigenvalue weighted by molar-refractivity contribution is 7.86. The van der Waals surface area contributed by atoms with Gasteiger partial charge in [0, 0.05) is 18.6 Å². The lowest BCUT2D eigenvalue weighted by Crippen LogP contribution is -3.34. The maximum Gasteiger partial charge on any atom is 0.364 e. The maximum absolute atomic E-state index is 12.2. The molecule has 23 heavy (non-hydrogen) atoms. The Hall–Kier alpha value is -0.390. The van der Waals surface area contributed by atoms with Gasteiger partial charge in [0.2, 0.25) is 0 Å². The topological polar surface area (TPSA) is 77.4 Å². The van der Waals surface area contributed by atoms with Crippen LogP contribution in [-0.4, -0.2) is 36.1 Å². The molecule has 0 amide bonds. The Morgan fingerprint density at radius 2 is 1.74 bits per heavy atom. The van der Waals surface area contributed by atoms with Crippen molar-refractivity contribution in [3.05, 3.63) is 33.4 Å². The summed E-state index contributed by atoms with van der Waals surface area (Å²) in [6.07, 6.45) is -4.25. The molecule has 1 aromatic carbocycles. The molecule has 0 bridgehead atoms. The molecule has 1 N–H and O–H groups in total. The number of aliphatic hydroxyl groups is 1. The second-order valence-corrected chi connectivity index (χ2v) is 8.45. The van der Waals surface area contributed by atoms with Crippen LogP contribution < -0.4 is 22.6 Å². The minimum Gasteiger partial charge on any atom is -0.743 e. The molecule has 0 aliphatic rings. The Labute approximate surface area is 148 Å². The number of rotatable bonds is 4. The van der Waals surface area contributed by atoms with Crippen LogP contribution in [0.3, 0.4) is 0 Å². The van der Waals surface area contributed by atoms with Crippen LogP contribution >= 0.6 is 0 Å². The summed E-state index contributed by atoms with van der Waals surface area (Å²) in [5.74, 6) is 0. The standard InChI is InChI=1S/C10H14I.C4H7F3O4S/c1-10(2,3)8-6-4-5-7-9(8)11;5-3(1-2-8)4(6,7)12(9,10)11/h4-7,11H,1-3H3;3,8H,1-2H2,(H,9,10,11)/q+1;/p-1. The first kappa shape index (κ1) is 22.6. The molecule has 0 aliphatic heterocycles. The Bertz CT molecular complexity index is 600. The second-order valence-electron chi connectivity index (χ2n) is 5.74. The van der Waals surface area contributed by atoms with E-state index in [-0.39, 0.29) is 5.41 Å². The van der Waals surface area contributed by atoms with Crippen molar-refractivity contribution in [3.8, 4) is 0 Å². The van der Waals surface area contributed by atoms with Gasteiger partial charge in [-0.1, -0.05) is 39.0 Å². The van der Waals surface area contributed by atoms with Crippen LogP contribution in [0, 0.1) is 3.57 Å². The van der Waals surface area contributed by atoms with E-state index in [2.05, 4.69) is 67.6 Å². The first-order valence-corrected chi connectivity index (χ1v) is 9.17. The van der Waals surface area contributed by atoms with E-state index in [1.807, 2.05) is 0 Å². The van der Waals surface area contributed by atoms with Crippen molar-refractivity contribution in [2.24, 2.45) is 0 Å². The maximum atomic E-state index is 12.2. The van der Waals surface area contributed by atoms with Crippen LogP contribution in [-0.2, 0) is 15.5 Å². The number of alkyl halides is 3. The van der Waals surface area contributed by atoms with Gasteiger partial charge in [-0.15, -0.1) is 0 Å². The SMILES string of the molecule is CC(C)(C)c1ccccc1[IH+].O=S(=O)([O-])C(F)(F)C(F)CCO. The quantitative estimate of drug-likeness (QED) is 0.468. The van der Waals surface area contributed by atoms with Crippen LogP contribution in [0.5, 0.6) is 0 Å². The van der Waals surface area contributed by atoms with Crippen molar-refractivity contribution in [2.75, 3.05) is 6.61 Å². The van der Waals surface area contributed by atoms with Gasteiger partial charge < -0.3 is 9.66 Å². The fourth-order valence-electron chi connectivity index (χ4n) is 1.52. The normalized spacial score (nSPS) is 14.0. The summed E-state index contributed by atoms with van der Waals surface area (Å²) >= 11 is 2.09. The number of hydrogen-bond donors (Lipinski definition) is 1. The van der Waals surface area contributed by atoms with Crippen LogP contribution in [0.2, 0.25) is 0 Å². The largest absolute Gasteiger partial charge is 0.743 e. The third kappa shape index (κ3) is 6.94. The molecular weight excluding hydrogens is 448 g/mol. The molecule has 4 nitrogen and oxygen atoms in total. The summed E-state index contributed by atoms with van der Waals surface area (Å²) in [6, 6.07) is 8.57. The van der Waals surface area contributed by atoms with Crippen LogP contribution in [0.25, 0.3) is 0 Å². The highest BCUT2D eigenvalue weighted by Crippen LogP contribution is 2.28. The Morgan fingerprint density at radius 1 is 1.26 bits per heavy atom. The fraction of sp³-hybridized carbons (Fsp3) is 0.571. The molecule has 134 valence electrons. The molecule has 9 heteroatoms. The van der Waals surface area contributed by atoms with Crippen molar-refractivity contribution in [3.63, 3.8) is 0 Å². The average Bonchev–Trinajstić information content (AvgIpc) is 2.37. The zero-order valence-electron chi connectivity index (χ0n) is 12.9. The van der Waals surface area contributed by atoms with Gasteiger partial charge in [-0.2, -0.15) is 8.78 Å². The minimum absolute atomic E-state index is 0.286. The van der Waals surface area contributed by atoms with E-state index < -0.39 is 34.6 Å². The van der Waals surface area contributed by atoms with Crippen molar-refractivity contribution in [2.45, 2.75) is 44.0 Å². The summed E-state index contributed by atoms with van der Waals surface area (Å²) in [5.41, 5.74) is 1.73. The number of hydrogen-bond acceptors (Lipinski definition) is 4. The lowest BCUT2D eigenvalue weighted by molar-refractivity contribution is -0.330. The van der Waals surface area contributed by atoms with Gasteiger partial charge in [0.25, 0.3) is 22.6 Å². The number of aliphatic hydroxyl groups excluding tert-OH is 1. The first-order valence-electron chi connectivity index (χ1n) is 6.59. The molecule has 0 heterocycles. The highest BCUT2D eigenvalue weighted by Gasteiger charge is 2.46.